The predicted octanol–water partition coefficient (Wildman–Crippen LogP) is 3.12. The van der Waals surface area contributed by atoms with E-state index in [0.29, 0.717) is 28.7 Å². The molecule has 1 aromatic rings. The molecule has 0 aliphatic carbocycles. The van der Waals surface area contributed by atoms with Gasteiger partial charge in [0.25, 0.3) is 0 Å². The fourth-order valence-corrected chi connectivity index (χ4v) is 5.09. The van der Waals surface area contributed by atoms with Crippen LogP contribution in [0.15, 0.2) is 45.6 Å². The second-order valence-corrected chi connectivity index (χ2v) is 9.62. The summed E-state index contributed by atoms with van der Waals surface area (Å²) in [6.07, 6.45) is 0. The average molecular weight is 498 g/mol. The van der Waals surface area contributed by atoms with Gasteiger partial charge in [-0.3, -0.25) is 0 Å². The van der Waals surface area contributed by atoms with E-state index in [1.807, 2.05) is 32.0 Å². The van der Waals surface area contributed by atoms with Crippen LogP contribution in [0.1, 0.15) is 37.8 Å². The summed E-state index contributed by atoms with van der Waals surface area (Å²) in [4.78, 5) is 26.8. The number of nitrogens with two attached hydrogens (primary N) is 1. The van der Waals surface area contributed by atoms with Crippen LogP contribution in [0.25, 0.3) is 0 Å². The Labute approximate surface area is 190 Å². The van der Waals surface area contributed by atoms with E-state index in [1.165, 1.54) is 0 Å². The number of thiol groups is 1. The molecule has 6 nitrogen and oxygen atoms in total. The maximum absolute atomic E-state index is 13.1. The monoisotopic (exact) mass is 498 g/mol. The average Bonchev–Trinajstić information content (AvgIpc) is 2.70. The van der Waals surface area contributed by atoms with Crippen LogP contribution in [0.3, 0.4) is 0 Å². The molecule has 0 saturated heterocycles. The Balaban J connectivity index is 2.68. The minimum absolute atomic E-state index is 0.228. The number of carbonyl (C=O) groups excluding carboxylic acids is 2. The topological polar surface area (TPSA) is 90.6 Å². The Morgan fingerprint density at radius 2 is 1.77 bits per heavy atom. The Morgan fingerprint density at radius 1 is 1.13 bits per heavy atom. The van der Waals surface area contributed by atoms with Gasteiger partial charge in [0.05, 0.1) is 0 Å². The summed E-state index contributed by atoms with van der Waals surface area (Å²) in [5.74, 6) is -1.43. The SMILES string of the molecule is CCOC(=O)C1=C(C)NC(C[Se]CCN)=C(C(=O)OCC)C1c1ccc(S)c(C)c1. The van der Waals surface area contributed by atoms with Gasteiger partial charge in [0, 0.05) is 0 Å². The molecule has 1 aliphatic rings. The van der Waals surface area contributed by atoms with Crippen LogP contribution >= 0.6 is 12.6 Å². The maximum atomic E-state index is 13.1. The van der Waals surface area contributed by atoms with Crippen molar-refractivity contribution in [2.24, 2.45) is 5.73 Å². The van der Waals surface area contributed by atoms with E-state index < -0.39 is 17.9 Å². The fraction of sp³-hybridized carbons (Fsp3) is 0.455. The van der Waals surface area contributed by atoms with Crippen molar-refractivity contribution in [1.82, 2.24) is 5.32 Å². The standard InChI is InChI=1S/C22H30N2O4SSe/c1-5-27-21(25)18-14(4)24-16(12-30-10-9-23)20(22(26)28-6-2)19(18)15-7-8-17(29)13(3)11-15/h7-8,11,19,24,29H,5-6,9-10,12,23H2,1-4H3. The molecule has 2 rings (SSSR count). The first-order valence-electron chi connectivity index (χ1n) is 9.97. The van der Waals surface area contributed by atoms with Crippen molar-refractivity contribution in [3.63, 3.8) is 0 Å². The Bertz CT molecular complexity index is 867. The number of allylic oxidation sites excluding steroid dienone is 2. The van der Waals surface area contributed by atoms with Crippen molar-refractivity contribution < 1.29 is 19.1 Å². The molecule has 0 amide bonds. The van der Waals surface area contributed by atoms with Gasteiger partial charge in [-0.05, 0) is 0 Å². The first kappa shape index (κ1) is 24.5. The number of nitrogens with one attached hydrogen (secondary N) is 1. The normalized spacial score (nSPS) is 16.4. The molecule has 3 N–H and O–H groups in total. The molecule has 30 heavy (non-hydrogen) atoms. The number of aryl methyl sites for hydroxylation is 1. The molecule has 0 fully saturated rings. The summed E-state index contributed by atoms with van der Waals surface area (Å²) < 4.78 is 10.7. The number of hydrogen-bond donors (Lipinski definition) is 3. The quantitative estimate of drug-likeness (QED) is 0.210. The van der Waals surface area contributed by atoms with Crippen molar-refractivity contribution in [2.45, 2.75) is 49.1 Å². The molecule has 0 saturated carbocycles. The molecule has 0 radical (unpaired) electrons. The van der Waals surface area contributed by atoms with Crippen LogP contribution in [-0.2, 0) is 19.1 Å². The van der Waals surface area contributed by atoms with Gasteiger partial charge in [-0.15, -0.1) is 0 Å². The zero-order valence-corrected chi connectivity index (χ0v) is 20.5. The molecular weight excluding hydrogens is 467 g/mol. The van der Waals surface area contributed by atoms with Gasteiger partial charge in [-0.25, -0.2) is 0 Å². The number of carbonyl (C=O) groups is 2. The summed E-state index contributed by atoms with van der Waals surface area (Å²) in [6.45, 7) is 8.45. The van der Waals surface area contributed by atoms with Gasteiger partial charge in [0.15, 0.2) is 0 Å². The first-order chi connectivity index (χ1) is 14.3. The van der Waals surface area contributed by atoms with Crippen molar-refractivity contribution in [3.05, 3.63) is 51.9 Å². The summed E-state index contributed by atoms with van der Waals surface area (Å²) in [7, 11) is 0. The summed E-state index contributed by atoms with van der Waals surface area (Å²) in [6, 6.07) is 5.75. The predicted molar refractivity (Wildman–Crippen MR) is 122 cm³/mol. The van der Waals surface area contributed by atoms with E-state index in [4.69, 9.17) is 15.2 Å². The van der Waals surface area contributed by atoms with Gasteiger partial charge in [0.2, 0.25) is 0 Å². The Morgan fingerprint density at radius 3 is 2.33 bits per heavy atom. The van der Waals surface area contributed by atoms with E-state index in [-0.39, 0.29) is 28.2 Å². The van der Waals surface area contributed by atoms with Crippen molar-refractivity contribution in [1.29, 1.82) is 0 Å². The van der Waals surface area contributed by atoms with E-state index in [9.17, 15) is 9.59 Å². The van der Waals surface area contributed by atoms with Gasteiger partial charge < -0.3 is 0 Å². The number of ether oxygens (including phenoxy) is 2. The minimum atomic E-state index is -0.569. The van der Waals surface area contributed by atoms with Gasteiger partial charge >= 0.3 is 190 Å². The van der Waals surface area contributed by atoms with Gasteiger partial charge in [0.1, 0.15) is 0 Å². The van der Waals surface area contributed by atoms with Crippen LogP contribution in [0, 0.1) is 6.92 Å². The Kier molecular flexibility index (Phi) is 9.49. The number of esters is 2. The number of benzene rings is 1. The van der Waals surface area contributed by atoms with E-state index in [2.05, 4.69) is 17.9 Å². The molecule has 1 atom stereocenters. The zero-order chi connectivity index (χ0) is 22.3. The van der Waals surface area contributed by atoms with Crippen molar-refractivity contribution in [2.75, 3.05) is 19.8 Å². The third-order valence-corrected chi connectivity index (χ3v) is 7.33. The van der Waals surface area contributed by atoms with Gasteiger partial charge in [-0.2, -0.15) is 0 Å². The van der Waals surface area contributed by atoms with Crippen molar-refractivity contribution >= 4 is 39.5 Å². The van der Waals surface area contributed by atoms with E-state index in [0.717, 1.165) is 27.0 Å². The van der Waals surface area contributed by atoms with Gasteiger partial charge in [-0.1, -0.05) is 0 Å². The summed E-state index contributed by atoms with van der Waals surface area (Å²) in [5.41, 5.74) is 9.86. The zero-order valence-electron chi connectivity index (χ0n) is 17.9. The molecule has 8 heteroatoms. The second kappa shape index (κ2) is 11.6. The molecule has 1 heterocycles. The first-order valence-corrected chi connectivity index (χ1v) is 12.8. The van der Waals surface area contributed by atoms with Crippen LogP contribution in [-0.4, -0.2) is 46.7 Å². The fourth-order valence-electron chi connectivity index (χ4n) is 3.39. The summed E-state index contributed by atoms with van der Waals surface area (Å²) >= 11 is 4.69. The molecule has 0 aromatic heterocycles. The van der Waals surface area contributed by atoms with Crippen LogP contribution in [0.4, 0.5) is 0 Å². The Hall–Kier alpha value is -1.73. The third-order valence-electron chi connectivity index (χ3n) is 4.70. The molecule has 0 bridgehead atoms. The molecule has 164 valence electrons. The molecule has 0 spiro atoms. The molecule has 1 aromatic carbocycles. The number of dihydropyridines is 1. The number of rotatable bonds is 9. The second-order valence-electron chi connectivity index (χ2n) is 6.82. The molecular formula is C22H30N2O4SSe. The molecule has 1 unspecified atom stereocenters. The van der Waals surface area contributed by atoms with Crippen molar-refractivity contribution in [3.8, 4) is 0 Å². The van der Waals surface area contributed by atoms with E-state index in [1.54, 1.807) is 13.8 Å². The van der Waals surface area contributed by atoms with Crippen LogP contribution in [0.5, 0.6) is 0 Å². The molecule has 1 aliphatic heterocycles. The summed E-state index contributed by atoms with van der Waals surface area (Å²) in [5, 5.41) is 4.90. The van der Waals surface area contributed by atoms with Crippen LogP contribution < -0.4 is 11.1 Å². The van der Waals surface area contributed by atoms with Crippen LogP contribution in [0.2, 0.25) is 10.6 Å². The number of hydrogen-bond acceptors (Lipinski definition) is 7. The third kappa shape index (κ3) is 5.70. The van der Waals surface area contributed by atoms with E-state index >= 15 is 0 Å².